The zero-order valence-corrected chi connectivity index (χ0v) is 13.1. The standard InChI is InChI=1S/C17H23N3O2/c1-3-14-5-7-15(8-6-14)13(2)20-17(22)16(11-18)12-19-9-4-10-21/h5-8,12-13,19,21H,3-4,9-10H2,1-2H3,(H,20,22)/b16-12-. The van der Waals surface area contributed by atoms with Gasteiger partial charge in [0.2, 0.25) is 0 Å². The minimum absolute atomic E-state index is 0.0231. The van der Waals surface area contributed by atoms with Gasteiger partial charge in [-0.3, -0.25) is 4.79 Å². The Morgan fingerprint density at radius 1 is 1.41 bits per heavy atom. The van der Waals surface area contributed by atoms with E-state index in [1.54, 1.807) is 0 Å². The van der Waals surface area contributed by atoms with Gasteiger partial charge in [0.05, 0.1) is 6.04 Å². The van der Waals surface area contributed by atoms with Crippen molar-refractivity contribution in [2.24, 2.45) is 0 Å². The number of nitrogens with one attached hydrogen (secondary N) is 2. The third-order valence-electron chi connectivity index (χ3n) is 3.33. The topological polar surface area (TPSA) is 85.2 Å². The molecule has 0 spiro atoms. The highest BCUT2D eigenvalue weighted by Gasteiger charge is 2.13. The molecule has 0 aliphatic rings. The molecule has 0 aliphatic heterocycles. The summed E-state index contributed by atoms with van der Waals surface area (Å²) >= 11 is 0. The fourth-order valence-corrected chi connectivity index (χ4v) is 1.90. The SMILES string of the molecule is CCc1ccc(C(C)NC(=O)/C(C#N)=C\NCCCO)cc1. The lowest BCUT2D eigenvalue weighted by Crippen LogP contribution is -2.28. The average molecular weight is 301 g/mol. The van der Waals surface area contributed by atoms with Crippen molar-refractivity contribution in [1.82, 2.24) is 10.6 Å². The fourth-order valence-electron chi connectivity index (χ4n) is 1.90. The van der Waals surface area contributed by atoms with Crippen molar-refractivity contribution in [1.29, 1.82) is 5.26 Å². The first kappa shape index (κ1) is 17.7. The van der Waals surface area contributed by atoms with Crippen molar-refractivity contribution in [3.63, 3.8) is 0 Å². The molecule has 1 atom stereocenters. The van der Waals surface area contributed by atoms with Crippen LogP contribution >= 0.6 is 0 Å². The van der Waals surface area contributed by atoms with E-state index >= 15 is 0 Å². The van der Waals surface area contributed by atoms with Crippen LogP contribution in [0.2, 0.25) is 0 Å². The third-order valence-corrected chi connectivity index (χ3v) is 3.33. The molecule has 5 heteroatoms. The molecular weight excluding hydrogens is 278 g/mol. The third kappa shape index (κ3) is 5.58. The second-order valence-electron chi connectivity index (χ2n) is 4.99. The summed E-state index contributed by atoms with van der Waals surface area (Å²) in [4.78, 5) is 12.1. The molecule has 0 bridgehead atoms. The Morgan fingerprint density at radius 3 is 2.64 bits per heavy atom. The molecule has 0 aromatic heterocycles. The Labute approximate surface area is 131 Å². The Kier molecular flexibility index (Phi) is 7.73. The molecule has 118 valence electrons. The molecule has 22 heavy (non-hydrogen) atoms. The number of hydrogen-bond acceptors (Lipinski definition) is 4. The molecule has 0 saturated carbocycles. The van der Waals surface area contributed by atoms with E-state index in [1.807, 2.05) is 37.3 Å². The van der Waals surface area contributed by atoms with Crippen LogP contribution in [-0.2, 0) is 11.2 Å². The number of rotatable bonds is 8. The van der Waals surface area contributed by atoms with Gasteiger partial charge in [0.15, 0.2) is 0 Å². The van der Waals surface area contributed by atoms with E-state index in [4.69, 9.17) is 10.4 Å². The molecule has 1 rings (SSSR count). The maximum absolute atomic E-state index is 12.1. The number of nitrogens with zero attached hydrogens (tertiary/aromatic N) is 1. The largest absolute Gasteiger partial charge is 0.396 e. The van der Waals surface area contributed by atoms with Crippen molar-refractivity contribution < 1.29 is 9.90 Å². The van der Waals surface area contributed by atoms with Gasteiger partial charge in [-0.15, -0.1) is 0 Å². The number of carbonyl (C=O) groups excluding carboxylic acids is 1. The van der Waals surface area contributed by atoms with Crippen molar-refractivity contribution in [2.75, 3.05) is 13.2 Å². The van der Waals surface area contributed by atoms with Gasteiger partial charge in [-0.1, -0.05) is 31.2 Å². The molecular formula is C17H23N3O2. The number of carbonyl (C=O) groups is 1. The first-order chi connectivity index (χ1) is 10.6. The second kappa shape index (κ2) is 9.59. The summed E-state index contributed by atoms with van der Waals surface area (Å²) in [5.74, 6) is -0.411. The number of amides is 1. The Bertz CT molecular complexity index is 544. The van der Waals surface area contributed by atoms with E-state index < -0.39 is 5.91 Å². The minimum atomic E-state index is -0.411. The molecule has 0 fully saturated rings. The summed E-state index contributed by atoms with van der Waals surface area (Å²) in [7, 11) is 0. The lowest BCUT2D eigenvalue weighted by Gasteiger charge is -2.14. The highest BCUT2D eigenvalue weighted by molar-refractivity contribution is 5.97. The molecule has 1 aromatic rings. The summed E-state index contributed by atoms with van der Waals surface area (Å²) in [6.45, 7) is 4.56. The number of aliphatic hydroxyl groups excluding tert-OH is 1. The molecule has 1 aromatic carbocycles. The van der Waals surface area contributed by atoms with Crippen LogP contribution in [0.25, 0.3) is 0 Å². The zero-order chi connectivity index (χ0) is 16.4. The van der Waals surface area contributed by atoms with Gasteiger partial charge < -0.3 is 15.7 Å². The lowest BCUT2D eigenvalue weighted by atomic mass is 10.0. The molecule has 0 saturated heterocycles. The smallest absolute Gasteiger partial charge is 0.263 e. The van der Waals surface area contributed by atoms with Crippen LogP contribution in [0.5, 0.6) is 0 Å². The number of hydrogen-bond donors (Lipinski definition) is 3. The number of nitriles is 1. The van der Waals surface area contributed by atoms with Crippen LogP contribution in [0.3, 0.4) is 0 Å². The minimum Gasteiger partial charge on any atom is -0.396 e. The van der Waals surface area contributed by atoms with E-state index in [-0.39, 0.29) is 18.2 Å². The van der Waals surface area contributed by atoms with Crippen LogP contribution < -0.4 is 10.6 Å². The maximum atomic E-state index is 12.1. The van der Waals surface area contributed by atoms with Gasteiger partial charge in [0.1, 0.15) is 11.6 Å². The number of benzene rings is 1. The van der Waals surface area contributed by atoms with Crippen LogP contribution in [-0.4, -0.2) is 24.2 Å². The van der Waals surface area contributed by atoms with Gasteiger partial charge in [-0.25, -0.2) is 0 Å². The Balaban J connectivity index is 2.62. The zero-order valence-electron chi connectivity index (χ0n) is 13.1. The van der Waals surface area contributed by atoms with Gasteiger partial charge in [-0.05, 0) is 30.9 Å². The van der Waals surface area contributed by atoms with Crippen molar-refractivity contribution in [3.8, 4) is 6.07 Å². The first-order valence-corrected chi connectivity index (χ1v) is 7.46. The number of aliphatic hydroxyl groups is 1. The van der Waals surface area contributed by atoms with E-state index in [1.165, 1.54) is 11.8 Å². The first-order valence-electron chi connectivity index (χ1n) is 7.46. The van der Waals surface area contributed by atoms with E-state index in [0.717, 1.165) is 12.0 Å². The van der Waals surface area contributed by atoms with Crippen molar-refractivity contribution in [3.05, 3.63) is 47.2 Å². The van der Waals surface area contributed by atoms with E-state index in [9.17, 15) is 4.79 Å². The molecule has 0 aliphatic carbocycles. The maximum Gasteiger partial charge on any atom is 0.263 e. The van der Waals surface area contributed by atoms with Gasteiger partial charge in [-0.2, -0.15) is 5.26 Å². The lowest BCUT2D eigenvalue weighted by molar-refractivity contribution is -0.117. The Hall–Kier alpha value is -2.32. The predicted molar refractivity (Wildman–Crippen MR) is 85.8 cm³/mol. The Morgan fingerprint density at radius 2 is 2.09 bits per heavy atom. The van der Waals surface area contributed by atoms with Crippen molar-refractivity contribution in [2.45, 2.75) is 32.7 Å². The van der Waals surface area contributed by atoms with E-state index in [2.05, 4.69) is 17.6 Å². The number of aryl methyl sites for hydroxylation is 1. The summed E-state index contributed by atoms with van der Waals surface area (Å²) < 4.78 is 0. The second-order valence-corrected chi connectivity index (χ2v) is 4.99. The monoisotopic (exact) mass is 301 g/mol. The summed E-state index contributed by atoms with van der Waals surface area (Å²) in [6, 6.07) is 9.75. The van der Waals surface area contributed by atoms with Gasteiger partial charge >= 0.3 is 0 Å². The quantitative estimate of drug-likeness (QED) is 0.388. The van der Waals surface area contributed by atoms with Crippen LogP contribution in [0, 0.1) is 11.3 Å². The highest BCUT2D eigenvalue weighted by Crippen LogP contribution is 2.14. The van der Waals surface area contributed by atoms with Crippen LogP contribution in [0.4, 0.5) is 0 Å². The molecule has 0 radical (unpaired) electrons. The summed E-state index contributed by atoms with van der Waals surface area (Å²) in [5.41, 5.74) is 2.26. The average Bonchev–Trinajstić information content (AvgIpc) is 2.54. The molecule has 1 amide bonds. The predicted octanol–water partition coefficient (Wildman–Crippen LogP) is 1.81. The van der Waals surface area contributed by atoms with Crippen LogP contribution in [0.1, 0.15) is 37.4 Å². The van der Waals surface area contributed by atoms with Crippen LogP contribution in [0.15, 0.2) is 36.0 Å². The highest BCUT2D eigenvalue weighted by atomic mass is 16.3. The van der Waals surface area contributed by atoms with Gasteiger partial charge in [0, 0.05) is 19.4 Å². The molecule has 0 heterocycles. The molecule has 3 N–H and O–H groups in total. The molecule has 5 nitrogen and oxygen atoms in total. The van der Waals surface area contributed by atoms with E-state index in [0.29, 0.717) is 13.0 Å². The van der Waals surface area contributed by atoms with Crippen molar-refractivity contribution >= 4 is 5.91 Å². The fraction of sp³-hybridized carbons (Fsp3) is 0.412. The molecule has 1 unspecified atom stereocenters. The summed E-state index contributed by atoms with van der Waals surface area (Å²) in [5, 5.41) is 23.4. The van der Waals surface area contributed by atoms with Gasteiger partial charge in [0.25, 0.3) is 5.91 Å². The normalized spacial score (nSPS) is 12.4. The summed E-state index contributed by atoms with van der Waals surface area (Å²) in [6.07, 6.45) is 2.93.